The molecule has 0 aromatic heterocycles. The van der Waals surface area contributed by atoms with Crippen LogP contribution in [0, 0.1) is 11.7 Å². The second kappa shape index (κ2) is 6.35. The van der Waals surface area contributed by atoms with Crippen LogP contribution in [0.25, 0.3) is 0 Å². The molecule has 6 heteroatoms. The number of carboxylic acids is 1. The first-order valence-electron chi connectivity index (χ1n) is 6.42. The van der Waals surface area contributed by atoms with Crippen LogP contribution in [0.5, 0.6) is 0 Å². The smallest absolute Gasteiger partial charge is 0.306 e. The monoisotopic (exact) mass is 343 g/mol. The summed E-state index contributed by atoms with van der Waals surface area (Å²) in [6, 6.07) is 4.33. The van der Waals surface area contributed by atoms with E-state index in [0.29, 0.717) is 19.3 Å². The van der Waals surface area contributed by atoms with Crippen molar-refractivity contribution in [2.75, 3.05) is 0 Å². The number of hydrogen-bond acceptors (Lipinski definition) is 2. The minimum absolute atomic E-state index is 0.0421. The maximum atomic E-state index is 13.1. The number of carboxylic acid groups (broad SMARTS) is 1. The second-order valence-corrected chi connectivity index (χ2v) is 5.86. The Morgan fingerprint density at radius 2 is 2.10 bits per heavy atom. The number of amides is 1. The number of hydrogen-bond donors (Lipinski definition) is 2. The summed E-state index contributed by atoms with van der Waals surface area (Å²) in [4.78, 5) is 22.4. The van der Waals surface area contributed by atoms with Crippen molar-refractivity contribution in [3.8, 4) is 0 Å². The summed E-state index contributed by atoms with van der Waals surface area (Å²) in [6.07, 6.45) is 1.69. The predicted molar refractivity (Wildman–Crippen MR) is 74.7 cm³/mol. The average Bonchev–Trinajstić information content (AvgIpc) is 2.34. The molecule has 108 valence electrons. The average molecular weight is 344 g/mol. The van der Waals surface area contributed by atoms with E-state index in [2.05, 4.69) is 21.2 Å². The van der Waals surface area contributed by atoms with E-state index in [1.54, 1.807) is 6.07 Å². The Labute approximate surface area is 124 Å². The third-order valence-corrected chi connectivity index (χ3v) is 4.26. The van der Waals surface area contributed by atoms with E-state index in [4.69, 9.17) is 5.11 Å². The molecular formula is C14H15BrFNO3. The summed E-state index contributed by atoms with van der Waals surface area (Å²) < 4.78 is 13.9. The number of aliphatic carboxylic acids is 1. The molecule has 0 radical (unpaired) electrons. The van der Waals surface area contributed by atoms with Crippen LogP contribution in [-0.4, -0.2) is 23.0 Å². The molecule has 1 aliphatic rings. The molecular weight excluding hydrogens is 329 g/mol. The van der Waals surface area contributed by atoms with Crippen molar-refractivity contribution in [2.24, 2.45) is 5.92 Å². The van der Waals surface area contributed by atoms with Crippen LogP contribution < -0.4 is 5.32 Å². The van der Waals surface area contributed by atoms with Gasteiger partial charge in [-0.2, -0.15) is 0 Å². The molecule has 1 aromatic rings. The minimum Gasteiger partial charge on any atom is -0.481 e. The molecule has 0 spiro atoms. The molecule has 20 heavy (non-hydrogen) atoms. The highest BCUT2D eigenvalue weighted by Crippen LogP contribution is 2.27. The van der Waals surface area contributed by atoms with Crippen molar-refractivity contribution in [3.05, 3.63) is 34.1 Å². The molecule has 1 aliphatic carbocycles. The van der Waals surface area contributed by atoms with Gasteiger partial charge in [0.25, 0.3) is 0 Å². The van der Waals surface area contributed by atoms with Crippen LogP contribution >= 0.6 is 15.9 Å². The van der Waals surface area contributed by atoms with Crippen molar-refractivity contribution in [2.45, 2.75) is 31.7 Å². The Morgan fingerprint density at radius 3 is 2.75 bits per heavy atom. The van der Waals surface area contributed by atoms with E-state index in [-0.39, 0.29) is 30.1 Å². The molecule has 1 amide bonds. The van der Waals surface area contributed by atoms with Gasteiger partial charge in [0.1, 0.15) is 5.82 Å². The first-order chi connectivity index (χ1) is 9.45. The summed E-state index contributed by atoms with van der Waals surface area (Å²) in [5.41, 5.74) is 0.747. The van der Waals surface area contributed by atoms with Crippen LogP contribution in [0.2, 0.25) is 0 Å². The van der Waals surface area contributed by atoms with Gasteiger partial charge in [0.15, 0.2) is 0 Å². The number of aryl methyl sites for hydroxylation is 1. The summed E-state index contributed by atoms with van der Waals surface area (Å²) in [7, 11) is 0. The molecule has 0 aliphatic heterocycles. The number of rotatable bonds is 5. The van der Waals surface area contributed by atoms with Crippen LogP contribution in [0.3, 0.4) is 0 Å². The lowest BCUT2D eigenvalue weighted by atomic mass is 9.80. The highest BCUT2D eigenvalue weighted by atomic mass is 79.9. The standard InChI is InChI=1S/C14H15BrFNO3/c15-12-3-2-10(16)5-8(12)1-4-13(18)17-11-6-9(7-11)14(19)20/h2-3,5,9,11H,1,4,6-7H2,(H,17,18)(H,19,20). The Morgan fingerprint density at radius 1 is 1.40 bits per heavy atom. The fourth-order valence-electron chi connectivity index (χ4n) is 2.22. The zero-order chi connectivity index (χ0) is 14.7. The Hall–Kier alpha value is -1.43. The van der Waals surface area contributed by atoms with Gasteiger partial charge in [-0.25, -0.2) is 4.39 Å². The molecule has 1 aromatic carbocycles. The number of halogens is 2. The fourth-order valence-corrected chi connectivity index (χ4v) is 2.67. The van der Waals surface area contributed by atoms with Crippen LogP contribution in [-0.2, 0) is 16.0 Å². The first-order valence-corrected chi connectivity index (χ1v) is 7.21. The lowest BCUT2D eigenvalue weighted by molar-refractivity contribution is -0.146. The normalized spacial score (nSPS) is 21.1. The third-order valence-electron chi connectivity index (χ3n) is 3.48. The Kier molecular flexibility index (Phi) is 4.75. The van der Waals surface area contributed by atoms with E-state index in [0.717, 1.165) is 10.0 Å². The van der Waals surface area contributed by atoms with Gasteiger partial charge in [-0.05, 0) is 43.0 Å². The van der Waals surface area contributed by atoms with Gasteiger partial charge in [-0.15, -0.1) is 0 Å². The van der Waals surface area contributed by atoms with Crippen molar-refractivity contribution >= 4 is 27.8 Å². The van der Waals surface area contributed by atoms with Gasteiger partial charge in [0, 0.05) is 16.9 Å². The minimum atomic E-state index is -0.806. The van der Waals surface area contributed by atoms with E-state index < -0.39 is 5.97 Å². The molecule has 0 bridgehead atoms. The molecule has 0 heterocycles. The number of nitrogens with one attached hydrogen (secondary N) is 1. The maximum absolute atomic E-state index is 13.1. The van der Waals surface area contributed by atoms with E-state index in [1.807, 2.05) is 0 Å². The molecule has 0 saturated heterocycles. The van der Waals surface area contributed by atoms with Gasteiger partial charge >= 0.3 is 5.97 Å². The fraction of sp³-hybridized carbons (Fsp3) is 0.429. The van der Waals surface area contributed by atoms with Crippen molar-refractivity contribution in [1.82, 2.24) is 5.32 Å². The summed E-state index contributed by atoms with van der Waals surface area (Å²) >= 11 is 3.32. The molecule has 1 saturated carbocycles. The molecule has 0 atom stereocenters. The van der Waals surface area contributed by atoms with Gasteiger partial charge in [-0.3, -0.25) is 9.59 Å². The van der Waals surface area contributed by atoms with Crippen LogP contribution in [0.4, 0.5) is 4.39 Å². The Balaban J connectivity index is 1.76. The van der Waals surface area contributed by atoms with Crippen molar-refractivity contribution in [3.63, 3.8) is 0 Å². The highest BCUT2D eigenvalue weighted by Gasteiger charge is 2.35. The van der Waals surface area contributed by atoms with Crippen molar-refractivity contribution in [1.29, 1.82) is 0 Å². The highest BCUT2D eigenvalue weighted by molar-refractivity contribution is 9.10. The number of carbonyl (C=O) groups excluding carboxylic acids is 1. The van der Waals surface area contributed by atoms with Crippen LogP contribution in [0.15, 0.2) is 22.7 Å². The Bertz CT molecular complexity index is 529. The topological polar surface area (TPSA) is 66.4 Å². The second-order valence-electron chi connectivity index (χ2n) is 5.01. The zero-order valence-corrected chi connectivity index (χ0v) is 12.3. The molecule has 4 nitrogen and oxygen atoms in total. The van der Waals surface area contributed by atoms with Crippen LogP contribution in [0.1, 0.15) is 24.8 Å². The van der Waals surface area contributed by atoms with Gasteiger partial charge in [-0.1, -0.05) is 15.9 Å². The predicted octanol–water partition coefficient (Wildman–Crippen LogP) is 2.50. The largest absolute Gasteiger partial charge is 0.481 e. The zero-order valence-electron chi connectivity index (χ0n) is 10.7. The SMILES string of the molecule is O=C(CCc1cc(F)ccc1Br)NC1CC(C(=O)O)C1. The maximum Gasteiger partial charge on any atom is 0.306 e. The van der Waals surface area contributed by atoms with Gasteiger partial charge < -0.3 is 10.4 Å². The molecule has 2 rings (SSSR count). The summed E-state index contributed by atoms with van der Waals surface area (Å²) in [5.74, 6) is -1.60. The lowest BCUT2D eigenvalue weighted by Gasteiger charge is -2.32. The van der Waals surface area contributed by atoms with Crippen molar-refractivity contribution < 1.29 is 19.1 Å². The van der Waals surface area contributed by atoms with E-state index in [1.165, 1.54) is 12.1 Å². The summed E-state index contributed by atoms with van der Waals surface area (Å²) in [6.45, 7) is 0. The van der Waals surface area contributed by atoms with E-state index >= 15 is 0 Å². The first kappa shape index (κ1) is 15.0. The van der Waals surface area contributed by atoms with Gasteiger partial charge in [0.05, 0.1) is 5.92 Å². The molecule has 2 N–H and O–H groups in total. The quantitative estimate of drug-likeness (QED) is 0.863. The van der Waals surface area contributed by atoms with E-state index in [9.17, 15) is 14.0 Å². The number of carbonyl (C=O) groups is 2. The lowest BCUT2D eigenvalue weighted by Crippen LogP contribution is -2.46. The molecule has 1 fully saturated rings. The number of benzene rings is 1. The third kappa shape index (κ3) is 3.79. The molecule has 0 unspecified atom stereocenters. The van der Waals surface area contributed by atoms with Gasteiger partial charge in [0.2, 0.25) is 5.91 Å². The summed E-state index contributed by atoms with van der Waals surface area (Å²) in [5, 5.41) is 11.5.